The highest BCUT2D eigenvalue weighted by molar-refractivity contribution is 14.1. The third kappa shape index (κ3) is 6.17. The van der Waals surface area contributed by atoms with Crippen molar-refractivity contribution in [3.63, 3.8) is 0 Å². The Morgan fingerprint density at radius 2 is 1.86 bits per heavy atom. The molecule has 0 radical (unpaired) electrons. The molecule has 11 nitrogen and oxygen atoms in total. The van der Waals surface area contributed by atoms with Gasteiger partial charge in [-0.25, -0.2) is 9.97 Å². The van der Waals surface area contributed by atoms with Crippen molar-refractivity contribution >= 4 is 52.2 Å². The van der Waals surface area contributed by atoms with Gasteiger partial charge in [-0.3, -0.25) is 17.5 Å². The zero-order valence-electron chi connectivity index (χ0n) is 16.6. The topological polar surface area (TPSA) is 140 Å². The van der Waals surface area contributed by atoms with Crippen molar-refractivity contribution in [2.24, 2.45) is 14.1 Å². The van der Waals surface area contributed by atoms with E-state index in [2.05, 4.69) is 20.6 Å². The van der Waals surface area contributed by atoms with E-state index in [1.54, 1.807) is 14.1 Å². The summed E-state index contributed by atoms with van der Waals surface area (Å²) in [6.45, 7) is 2.93. The van der Waals surface area contributed by atoms with Crippen LogP contribution in [0.15, 0.2) is 12.4 Å². The van der Waals surface area contributed by atoms with Gasteiger partial charge >= 0.3 is 0 Å². The first-order valence-corrected chi connectivity index (χ1v) is 10.1. The van der Waals surface area contributed by atoms with Crippen molar-refractivity contribution in [1.29, 1.82) is 0 Å². The Labute approximate surface area is 182 Å². The Morgan fingerprint density at radius 1 is 1.17 bits per heavy atom. The SMILES string of the molecule is CCCCNC(=O)CCN(I)C(=O)c1nc(NC(=O)c2nc(N)cn2C)cn1C. The normalized spacial score (nSPS) is 10.6. The van der Waals surface area contributed by atoms with Crippen LogP contribution in [0.25, 0.3) is 0 Å². The largest absolute Gasteiger partial charge is 0.382 e. The van der Waals surface area contributed by atoms with Gasteiger partial charge in [0.25, 0.3) is 11.8 Å². The monoisotopic (exact) mass is 516 g/mol. The van der Waals surface area contributed by atoms with Gasteiger partial charge in [-0.05, 0) is 6.42 Å². The number of nitrogens with two attached hydrogens (primary N) is 1. The van der Waals surface area contributed by atoms with Crippen molar-refractivity contribution in [3.05, 3.63) is 24.0 Å². The van der Waals surface area contributed by atoms with Crippen LogP contribution in [-0.2, 0) is 18.9 Å². The molecule has 0 aliphatic rings. The molecule has 2 aromatic rings. The molecule has 0 atom stereocenters. The minimum absolute atomic E-state index is 0.102. The third-order valence-electron chi connectivity index (χ3n) is 4.02. The molecule has 2 aromatic heterocycles. The van der Waals surface area contributed by atoms with Crippen LogP contribution in [-0.4, -0.2) is 53.0 Å². The summed E-state index contributed by atoms with van der Waals surface area (Å²) < 4.78 is 4.40. The lowest BCUT2D eigenvalue weighted by Gasteiger charge is -2.14. The second kappa shape index (κ2) is 10.2. The lowest BCUT2D eigenvalue weighted by Crippen LogP contribution is -2.30. The number of hydrogen-bond donors (Lipinski definition) is 3. The van der Waals surface area contributed by atoms with E-state index in [1.807, 2.05) is 29.8 Å². The average molecular weight is 516 g/mol. The fraction of sp³-hybridized carbons (Fsp3) is 0.471. The Balaban J connectivity index is 1.96. The van der Waals surface area contributed by atoms with Crippen molar-refractivity contribution < 1.29 is 14.4 Å². The molecule has 0 spiro atoms. The Morgan fingerprint density at radius 3 is 2.48 bits per heavy atom. The quantitative estimate of drug-likeness (QED) is 0.259. The van der Waals surface area contributed by atoms with Crippen molar-refractivity contribution in [3.8, 4) is 0 Å². The van der Waals surface area contributed by atoms with Gasteiger partial charge in [0.15, 0.2) is 5.82 Å². The molecule has 2 heterocycles. The van der Waals surface area contributed by atoms with Gasteiger partial charge in [-0.2, -0.15) is 0 Å². The molecule has 0 aliphatic carbocycles. The second-order valence-corrected chi connectivity index (χ2v) is 7.62. The molecular weight excluding hydrogens is 491 g/mol. The van der Waals surface area contributed by atoms with Gasteiger partial charge in [0.1, 0.15) is 5.82 Å². The second-order valence-electron chi connectivity index (χ2n) is 6.46. The highest BCUT2D eigenvalue weighted by atomic mass is 127. The summed E-state index contributed by atoms with van der Waals surface area (Å²) in [5, 5.41) is 5.41. The maximum Gasteiger partial charge on any atom is 0.298 e. The molecule has 0 bridgehead atoms. The van der Waals surface area contributed by atoms with Gasteiger partial charge in [0.2, 0.25) is 17.6 Å². The van der Waals surface area contributed by atoms with Crippen LogP contribution in [0.3, 0.4) is 0 Å². The molecule has 4 N–H and O–H groups in total. The van der Waals surface area contributed by atoms with E-state index < -0.39 is 5.91 Å². The Bertz CT molecular complexity index is 891. The van der Waals surface area contributed by atoms with Crippen LogP contribution in [0.5, 0.6) is 0 Å². The number of carbonyl (C=O) groups excluding carboxylic acids is 3. The zero-order chi connectivity index (χ0) is 21.6. The molecule has 0 saturated heterocycles. The number of halogens is 1. The molecule has 0 saturated carbocycles. The number of aryl methyl sites for hydroxylation is 2. The molecule has 0 fully saturated rings. The van der Waals surface area contributed by atoms with E-state index in [0.717, 1.165) is 12.8 Å². The number of carbonyl (C=O) groups is 3. The number of rotatable bonds is 9. The first-order valence-electron chi connectivity index (χ1n) is 9.10. The fourth-order valence-corrected chi connectivity index (χ4v) is 2.96. The molecule has 0 aliphatic heterocycles. The summed E-state index contributed by atoms with van der Waals surface area (Å²) in [5.74, 6) is -0.243. The van der Waals surface area contributed by atoms with Crippen LogP contribution >= 0.6 is 22.9 Å². The van der Waals surface area contributed by atoms with Crippen LogP contribution in [0, 0.1) is 0 Å². The van der Waals surface area contributed by atoms with E-state index in [-0.39, 0.29) is 48.1 Å². The molecule has 0 unspecified atom stereocenters. The summed E-state index contributed by atoms with van der Waals surface area (Å²) in [4.78, 5) is 44.9. The number of unbranched alkanes of at least 4 members (excludes halogenated alkanes) is 1. The molecule has 2 rings (SSSR count). The maximum atomic E-state index is 12.6. The van der Waals surface area contributed by atoms with Gasteiger partial charge in [0.05, 0.1) is 22.9 Å². The highest BCUT2D eigenvalue weighted by Crippen LogP contribution is 2.14. The maximum absolute atomic E-state index is 12.6. The van der Waals surface area contributed by atoms with Gasteiger partial charge in [-0.15, -0.1) is 0 Å². The van der Waals surface area contributed by atoms with Crippen molar-refractivity contribution in [2.45, 2.75) is 26.2 Å². The van der Waals surface area contributed by atoms with E-state index in [9.17, 15) is 14.4 Å². The van der Waals surface area contributed by atoms with Crippen molar-refractivity contribution in [2.75, 3.05) is 24.1 Å². The lowest BCUT2D eigenvalue weighted by atomic mass is 10.3. The van der Waals surface area contributed by atoms with Crippen molar-refractivity contribution in [1.82, 2.24) is 27.5 Å². The minimum Gasteiger partial charge on any atom is -0.382 e. The van der Waals surface area contributed by atoms with E-state index in [0.29, 0.717) is 6.54 Å². The number of nitrogen functional groups attached to an aromatic ring is 1. The molecule has 0 aromatic carbocycles. The van der Waals surface area contributed by atoms with Gasteiger partial charge in [0, 0.05) is 46.0 Å². The number of nitrogens with one attached hydrogen (secondary N) is 2. The summed E-state index contributed by atoms with van der Waals surface area (Å²) >= 11 is 1.85. The van der Waals surface area contributed by atoms with E-state index in [1.165, 1.54) is 24.6 Å². The zero-order valence-corrected chi connectivity index (χ0v) is 18.8. The van der Waals surface area contributed by atoms with Crippen LogP contribution in [0.2, 0.25) is 0 Å². The first-order chi connectivity index (χ1) is 13.7. The summed E-state index contributed by atoms with van der Waals surface area (Å²) in [6, 6.07) is 0. The predicted octanol–water partition coefficient (Wildman–Crippen LogP) is 1.09. The van der Waals surface area contributed by atoms with Crippen LogP contribution < -0.4 is 16.4 Å². The number of aromatic nitrogens is 4. The summed E-state index contributed by atoms with van der Waals surface area (Å²) in [5.41, 5.74) is 5.58. The number of hydrogen-bond acceptors (Lipinski definition) is 6. The average Bonchev–Trinajstić information content (AvgIpc) is 3.20. The smallest absolute Gasteiger partial charge is 0.298 e. The number of anilines is 2. The molecule has 12 heteroatoms. The molecule has 29 heavy (non-hydrogen) atoms. The fourth-order valence-electron chi connectivity index (χ4n) is 2.50. The number of amides is 3. The Kier molecular flexibility index (Phi) is 7.99. The Hall–Kier alpha value is -2.64. The predicted molar refractivity (Wildman–Crippen MR) is 116 cm³/mol. The molecular formula is C17H25IN8O3. The summed E-state index contributed by atoms with van der Waals surface area (Å²) in [7, 11) is 3.30. The standard InChI is InChI=1S/C17H25IN8O3/c1-4-5-7-20-13(27)6-8-26(18)17(29)15-22-12(10-25(15)3)23-16(28)14-21-11(19)9-24(14)2/h9-10H,4-8,19H2,1-3H3,(H,20,27)(H,23,28). The highest BCUT2D eigenvalue weighted by Gasteiger charge is 2.22. The van der Waals surface area contributed by atoms with Crippen LogP contribution in [0.4, 0.5) is 11.6 Å². The van der Waals surface area contributed by atoms with Crippen LogP contribution in [0.1, 0.15) is 47.4 Å². The first kappa shape index (κ1) is 22.6. The van der Waals surface area contributed by atoms with Gasteiger partial charge in [-0.1, -0.05) is 13.3 Å². The van der Waals surface area contributed by atoms with E-state index >= 15 is 0 Å². The minimum atomic E-state index is -0.489. The third-order valence-corrected chi connectivity index (χ3v) is 4.94. The lowest BCUT2D eigenvalue weighted by molar-refractivity contribution is -0.121. The molecule has 3 amide bonds. The van der Waals surface area contributed by atoms with Gasteiger partial charge < -0.3 is 25.5 Å². The number of imidazole rings is 2. The number of nitrogens with zero attached hydrogens (tertiary/aromatic N) is 5. The molecule has 158 valence electrons. The summed E-state index contributed by atoms with van der Waals surface area (Å²) in [6.07, 6.45) is 5.18. The van der Waals surface area contributed by atoms with E-state index in [4.69, 9.17) is 5.73 Å².